The number of nitrogens with zero attached hydrogens (tertiary/aromatic N) is 3. The van der Waals surface area contributed by atoms with Crippen LogP contribution >= 0.6 is 0 Å². The zero-order chi connectivity index (χ0) is 22.3. The molecule has 9 nitrogen and oxygen atoms in total. The highest BCUT2D eigenvalue weighted by Crippen LogP contribution is 2.35. The number of hydrogen-bond donors (Lipinski definition) is 1. The van der Waals surface area contributed by atoms with E-state index in [4.69, 9.17) is 4.74 Å². The minimum Gasteiger partial charge on any atom is -0.478 e. The van der Waals surface area contributed by atoms with Gasteiger partial charge in [-0.2, -0.15) is 0 Å². The van der Waals surface area contributed by atoms with Crippen molar-refractivity contribution in [1.29, 1.82) is 0 Å². The Kier molecular flexibility index (Phi) is 4.86. The predicted octanol–water partition coefficient (Wildman–Crippen LogP) is 2.59. The molecule has 10 heteroatoms. The highest BCUT2D eigenvalue weighted by atomic mass is 32.2. The Balaban J connectivity index is 1.96. The van der Waals surface area contributed by atoms with E-state index in [9.17, 15) is 23.1 Å². The lowest BCUT2D eigenvalue weighted by molar-refractivity contribution is 0.0696. The largest absolute Gasteiger partial charge is 0.478 e. The summed E-state index contributed by atoms with van der Waals surface area (Å²) in [5.41, 5.74) is 0.957. The molecule has 0 radical (unpaired) electrons. The van der Waals surface area contributed by atoms with Crippen LogP contribution in [0, 0.1) is 0 Å². The number of aromatic carboxylic acids is 1. The Morgan fingerprint density at radius 3 is 2.65 bits per heavy atom. The topological polar surface area (TPSA) is 120 Å². The minimum atomic E-state index is -3.53. The summed E-state index contributed by atoms with van der Waals surface area (Å²) < 4.78 is 33.2. The predicted molar refractivity (Wildman–Crippen MR) is 112 cm³/mol. The molecule has 4 aromatic rings. The van der Waals surface area contributed by atoms with Crippen LogP contribution in [0.15, 0.2) is 70.9 Å². The zero-order valence-corrected chi connectivity index (χ0v) is 17.3. The third-order valence-electron chi connectivity index (χ3n) is 4.72. The third-order valence-corrected chi connectivity index (χ3v) is 5.83. The minimum absolute atomic E-state index is 0.0471. The monoisotopic (exact) mass is 439 g/mol. The van der Waals surface area contributed by atoms with Crippen LogP contribution in [0.25, 0.3) is 16.8 Å². The number of aromatic nitrogens is 3. The maximum atomic E-state index is 12.4. The van der Waals surface area contributed by atoms with Crippen LogP contribution < -0.4 is 10.3 Å². The molecule has 0 aliphatic rings. The molecule has 0 aliphatic heterocycles. The van der Waals surface area contributed by atoms with Gasteiger partial charge in [0, 0.05) is 25.1 Å². The number of carbonyl (C=O) groups is 1. The van der Waals surface area contributed by atoms with Gasteiger partial charge in [0.25, 0.3) is 5.56 Å². The van der Waals surface area contributed by atoms with E-state index in [1.165, 1.54) is 47.4 Å². The maximum absolute atomic E-state index is 12.4. The van der Waals surface area contributed by atoms with Crippen LogP contribution in [0.4, 0.5) is 0 Å². The average molecular weight is 439 g/mol. The summed E-state index contributed by atoms with van der Waals surface area (Å²) in [5.74, 6) is -0.556. The number of carboxylic acids is 1. The molecule has 2 aromatic carbocycles. The molecular formula is C21H17N3O6S. The van der Waals surface area contributed by atoms with Crippen LogP contribution in [0.2, 0.25) is 0 Å². The van der Waals surface area contributed by atoms with E-state index in [0.29, 0.717) is 16.8 Å². The SMILES string of the molecule is Cn1cc(-c2cc(S(C)(=O)=O)ccc2Oc2cccc(C(=O)O)c2)n2cncc2c1=O. The summed E-state index contributed by atoms with van der Waals surface area (Å²) >= 11 is 0. The van der Waals surface area contributed by atoms with Crippen LogP contribution in [-0.4, -0.2) is 39.7 Å². The molecule has 1 N–H and O–H groups in total. The number of rotatable bonds is 5. The summed E-state index contributed by atoms with van der Waals surface area (Å²) in [6.45, 7) is 0. The van der Waals surface area contributed by atoms with Gasteiger partial charge in [0.15, 0.2) is 9.84 Å². The number of fused-ring (bicyclic) bond motifs is 1. The van der Waals surface area contributed by atoms with Crippen molar-refractivity contribution in [2.45, 2.75) is 4.90 Å². The van der Waals surface area contributed by atoms with Crippen molar-refractivity contribution in [3.63, 3.8) is 0 Å². The molecule has 0 saturated heterocycles. The molecule has 2 aromatic heterocycles. The van der Waals surface area contributed by atoms with Crippen molar-refractivity contribution in [2.24, 2.45) is 7.05 Å². The summed E-state index contributed by atoms with van der Waals surface area (Å²) in [6.07, 6.45) is 5.52. The summed E-state index contributed by atoms with van der Waals surface area (Å²) in [4.78, 5) is 27.8. The number of sulfone groups is 1. The molecule has 0 bridgehead atoms. The smallest absolute Gasteiger partial charge is 0.335 e. The van der Waals surface area contributed by atoms with Gasteiger partial charge in [-0.25, -0.2) is 18.2 Å². The number of ether oxygens (including phenoxy) is 1. The van der Waals surface area contributed by atoms with Gasteiger partial charge in [-0.05, 0) is 36.4 Å². The van der Waals surface area contributed by atoms with Crippen molar-refractivity contribution in [3.8, 4) is 22.8 Å². The van der Waals surface area contributed by atoms with Gasteiger partial charge in [0.1, 0.15) is 17.0 Å². The standard InChI is InChI=1S/C21H17N3O6S/c1-23-11-18(24-12-22-10-17(24)20(23)25)16-9-15(31(2,28)29)6-7-19(16)30-14-5-3-4-13(8-14)21(26)27/h3-12H,1-2H3,(H,26,27). The molecule has 31 heavy (non-hydrogen) atoms. The summed E-state index contributed by atoms with van der Waals surface area (Å²) in [5, 5.41) is 9.22. The Morgan fingerprint density at radius 2 is 1.94 bits per heavy atom. The van der Waals surface area contributed by atoms with Gasteiger partial charge in [0.2, 0.25) is 0 Å². The van der Waals surface area contributed by atoms with E-state index in [2.05, 4.69) is 4.98 Å². The van der Waals surface area contributed by atoms with Gasteiger partial charge < -0.3 is 14.4 Å². The molecule has 4 rings (SSSR count). The molecule has 0 atom stereocenters. The average Bonchev–Trinajstić information content (AvgIpc) is 3.21. The van der Waals surface area contributed by atoms with E-state index in [0.717, 1.165) is 6.26 Å². The fourth-order valence-corrected chi connectivity index (χ4v) is 3.83. The van der Waals surface area contributed by atoms with Crippen LogP contribution in [-0.2, 0) is 16.9 Å². The van der Waals surface area contributed by atoms with Crippen LogP contribution in [0.1, 0.15) is 10.4 Å². The first-order valence-corrected chi connectivity index (χ1v) is 10.9. The van der Waals surface area contributed by atoms with Gasteiger partial charge in [0.05, 0.1) is 28.7 Å². The van der Waals surface area contributed by atoms with Gasteiger partial charge in [-0.1, -0.05) is 6.07 Å². The second-order valence-corrected chi connectivity index (χ2v) is 8.96. The van der Waals surface area contributed by atoms with Gasteiger partial charge in [-0.3, -0.25) is 9.20 Å². The Labute approximate surface area is 176 Å². The van der Waals surface area contributed by atoms with E-state index in [1.807, 2.05) is 0 Å². The van der Waals surface area contributed by atoms with Crippen molar-refractivity contribution >= 4 is 21.3 Å². The second-order valence-electron chi connectivity index (χ2n) is 6.94. The molecule has 0 spiro atoms. The number of benzene rings is 2. The highest BCUT2D eigenvalue weighted by molar-refractivity contribution is 7.90. The zero-order valence-electron chi connectivity index (χ0n) is 16.5. The second kappa shape index (κ2) is 7.40. The van der Waals surface area contributed by atoms with E-state index in [1.54, 1.807) is 29.8 Å². The highest BCUT2D eigenvalue weighted by Gasteiger charge is 2.18. The van der Waals surface area contributed by atoms with Crippen LogP contribution in [0.5, 0.6) is 11.5 Å². The normalized spacial score (nSPS) is 11.5. The lowest BCUT2D eigenvalue weighted by atomic mass is 10.1. The van der Waals surface area contributed by atoms with Gasteiger partial charge in [-0.15, -0.1) is 0 Å². The third kappa shape index (κ3) is 3.80. The Bertz CT molecular complexity index is 1500. The van der Waals surface area contributed by atoms with Crippen molar-refractivity contribution < 1.29 is 23.1 Å². The first-order valence-electron chi connectivity index (χ1n) is 9.02. The number of imidazole rings is 1. The molecule has 2 heterocycles. The lowest BCUT2D eigenvalue weighted by Crippen LogP contribution is -2.19. The Morgan fingerprint density at radius 1 is 1.16 bits per heavy atom. The fourth-order valence-electron chi connectivity index (χ4n) is 3.18. The molecule has 0 saturated carbocycles. The van der Waals surface area contributed by atoms with Gasteiger partial charge >= 0.3 is 5.97 Å². The van der Waals surface area contributed by atoms with Crippen LogP contribution in [0.3, 0.4) is 0 Å². The van der Waals surface area contributed by atoms with E-state index in [-0.39, 0.29) is 27.5 Å². The quantitative estimate of drug-likeness (QED) is 0.507. The summed E-state index contributed by atoms with van der Waals surface area (Å²) in [7, 11) is -1.95. The number of aryl methyl sites for hydroxylation is 1. The van der Waals surface area contributed by atoms with Crippen molar-refractivity contribution in [1.82, 2.24) is 14.0 Å². The molecular weight excluding hydrogens is 422 g/mol. The van der Waals surface area contributed by atoms with E-state index >= 15 is 0 Å². The molecule has 0 unspecified atom stereocenters. The fraction of sp³-hybridized carbons (Fsp3) is 0.0952. The molecule has 0 amide bonds. The molecule has 0 fully saturated rings. The molecule has 0 aliphatic carbocycles. The molecule has 158 valence electrons. The number of hydrogen-bond acceptors (Lipinski definition) is 6. The van der Waals surface area contributed by atoms with Crippen molar-refractivity contribution in [3.05, 3.63) is 77.1 Å². The van der Waals surface area contributed by atoms with E-state index < -0.39 is 15.8 Å². The first kappa shape index (κ1) is 20.4. The van der Waals surface area contributed by atoms with Crippen molar-refractivity contribution in [2.75, 3.05) is 6.26 Å². The first-order chi connectivity index (χ1) is 14.6. The lowest BCUT2D eigenvalue weighted by Gasteiger charge is -2.15. The Hall–Kier alpha value is -3.92. The summed E-state index contributed by atoms with van der Waals surface area (Å²) in [6, 6.07) is 10.3. The number of carboxylic acid groups (broad SMARTS) is 1. The maximum Gasteiger partial charge on any atom is 0.335 e.